The molecule has 7 heteroatoms. The number of sulfonamides is 1. The largest absolute Gasteiger partial charge is 0.313 e. The molecule has 0 aliphatic rings. The van der Waals surface area contributed by atoms with E-state index in [1.54, 1.807) is 0 Å². The van der Waals surface area contributed by atoms with Gasteiger partial charge in [-0.25, -0.2) is 21.9 Å². The molecule has 4 nitrogen and oxygen atoms in total. The van der Waals surface area contributed by atoms with Crippen molar-refractivity contribution in [3.63, 3.8) is 0 Å². The van der Waals surface area contributed by atoms with Crippen molar-refractivity contribution < 1.29 is 17.2 Å². The zero-order chi connectivity index (χ0) is 15.3. The SMILES string of the molecule is CCNCc1cc(F)c(F)c(S(=O)(=O)NCC(C)C)c1. The second kappa shape index (κ2) is 7.10. The van der Waals surface area contributed by atoms with Gasteiger partial charge in [0.05, 0.1) is 0 Å². The van der Waals surface area contributed by atoms with Crippen LogP contribution in [0.4, 0.5) is 8.78 Å². The standard InChI is InChI=1S/C13H20F2N2O2S/c1-4-16-8-10-5-11(14)13(15)12(6-10)20(18,19)17-7-9(2)3/h5-6,9,16-17H,4,7-8H2,1-3H3. The molecule has 0 radical (unpaired) electrons. The molecule has 114 valence electrons. The number of rotatable bonds is 7. The fourth-order valence-corrected chi connectivity index (χ4v) is 2.89. The minimum Gasteiger partial charge on any atom is -0.313 e. The third kappa shape index (κ3) is 4.50. The first-order valence-corrected chi connectivity index (χ1v) is 7.94. The highest BCUT2D eigenvalue weighted by Crippen LogP contribution is 2.20. The number of hydrogen-bond acceptors (Lipinski definition) is 3. The molecule has 1 aromatic carbocycles. The lowest BCUT2D eigenvalue weighted by molar-refractivity contribution is 0.479. The molecule has 0 saturated carbocycles. The van der Waals surface area contributed by atoms with Gasteiger partial charge in [-0.15, -0.1) is 0 Å². The van der Waals surface area contributed by atoms with E-state index in [-0.39, 0.29) is 19.0 Å². The number of benzene rings is 1. The molecule has 20 heavy (non-hydrogen) atoms. The highest BCUT2D eigenvalue weighted by molar-refractivity contribution is 7.89. The average Bonchev–Trinajstić information content (AvgIpc) is 2.37. The maximum Gasteiger partial charge on any atom is 0.243 e. The lowest BCUT2D eigenvalue weighted by atomic mass is 10.2. The Balaban J connectivity index is 3.12. The molecule has 0 atom stereocenters. The Hall–Kier alpha value is -1.05. The highest BCUT2D eigenvalue weighted by atomic mass is 32.2. The minimum atomic E-state index is -4.05. The first kappa shape index (κ1) is 17.0. The normalized spacial score (nSPS) is 12.1. The van der Waals surface area contributed by atoms with Crippen LogP contribution in [0.3, 0.4) is 0 Å². The summed E-state index contributed by atoms with van der Waals surface area (Å²) in [6.07, 6.45) is 0. The van der Waals surface area contributed by atoms with Crippen molar-refractivity contribution in [3.05, 3.63) is 29.3 Å². The minimum absolute atomic E-state index is 0.0719. The summed E-state index contributed by atoms with van der Waals surface area (Å²) in [6, 6.07) is 2.16. The predicted octanol–water partition coefficient (Wildman–Crippen LogP) is 2.01. The molecule has 0 bridgehead atoms. The van der Waals surface area contributed by atoms with Crippen LogP contribution < -0.4 is 10.0 Å². The lowest BCUT2D eigenvalue weighted by Crippen LogP contribution is -2.28. The summed E-state index contributed by atoms with van der Waals surface area (Å²) in [5.74, 6) is -2.44. The van der Waals surface area contributed by atoms with Gasteiger partial charge < -0.3 is 5.32 Å². The molecule has 0 spiro atoms. The van der Waals surface area contributed by atoms with Gasteiger partial charge >= 0.3 is 0 Å². The van der Waals surface area contributed by atoms with E-state index in [2.05, 4.69) is 10.0 Å². The molecule has 0 heterocycles. The van der Waals surface area contributed by atoms with E-state index >= 15 is 0 Å². The number of hydrogen-bond donors (Lipinski definition) is 2. The molecule has 2 N–H and O–H groups in total. The molecule has 0 aliphatic carbocycles. The van der Waals surface area contributed by atoms with Gasteiger partial charge in [0.25, 0.3) is 0 Å². The third-order valence-corrected chi connectivity index (χ3v) is 4.03. The first-order valence-electron chi connectivity index (χ1n) is 6.46. The van der Waals surface area contributed by atoms with Gasteiger partial charge in [0, 0.05) is 13.1 Å². The summed E-state index contributed by atoms with van der Waals surface area (Å²) in [4.78, 5) is -0.647. The van der Waals surface area contributed by atoms with Crippen LogP contribution in [0.5, 0.6) is 0 Å². The fourth-order valence-electron chi connectivity index (χ4n) is 1.54. The van der Waals surface area contributed by atoms with Crippen LogP contribution in [-0.4, -0.2) is 21.5 Å². The summed E-state index contributed by atoms with van der Waals surface area (Å²) >= 11 is 0. The summed E-state index contributed by atoms with van der Waals surface area (Å²) in [5.41, 5.74) is 0.385. The molecule has 0 fully saturated rings. The Morgan fingerprint density at radius 3 is 2.45 bits per heavy atom. The summed E-state index contributed by atoms with van der Waals surface area (Å²) in [7, 11) is -4.05. The maximum atomic E-state index is 13.7. The van der Waals surface area contributed by atoms with E-state index in [9.17, 15) is 17.2 Å². The van der Waals surface area contributed by atoms with Crippen molar-refractivity contribution in [1.29, 1.82) is 0 Å². The van der Waals surface area contributed by atoms with Crippen molar-refractivity contribution in [1.82, 2.24) is 10.0 Å². The summed E-state index contributed by atoms with van der Waals surface area (Å²) < 4.78 is 53.5. The second-order valence-electron chi connectivity index (χ2n) is 4.92. The molecular weight excluding hydrogens is 286 g/mol. The van der Waals surface area contributed by atoms with Crippen LogP contribution in [0, 0.1) is 17.6 Å². The lowest BCUT2D eigenvalue weighted by Gasteiger charge is -2.12. The topological polar surface area (TPSA) is 58.2 Å². The van der Waals surface area contributed by atoms with Crippen molar-refractivity contribution in [2.45, 2.75) is 32.2 Å². The van der Waals surface area contributed by atoms with Gasteiger partial charge in [0.2, 0.25) is 10.0 Å². The number of halogens is 2. The molecule has 0 aliphatic heterocycles. The molecular formula is C13H20F2N2O2S. The molecule has 1 aromatic rings. The van der Waals surface area contributed by atoms with E-state index < -0.39 is 26.6 Å². The molecule has 0 aromatic heterocycles. The molecule has 0 unspecified atom stereocenters. The summed E-state index contributed by atoms with van der Waals surface area (Å²) in [6.45, 7) is 6.59. The maximum absolute atomic E-state index is 13.7. The Morgan fingerprint density at radius 2 is 1.90 bits per heavy atom. The molecule has 0 saturated heterocycles. The van der Waals surface area contributed by atoms with Gasteiger partial charge in [-0.1, -0.05) is 20.8 Å². The molecule has 1 rings (SSSR count). The van der Waals surface area contributed by atoms with Crippen molar-refractivity contribution in [2.75, 3.05) is 13.1 Å². The van der Waals surface area contributed by atoms with Gasteiger partial charge in [-0.2, -0.15) is 0 Å². The van der Waals surface area contributed by atoms with Gasteiger partial charge in [-0.05, 0) is 30.2 Å². The fraction of sp³-hybridized carbons (Fsp3) is 0.538. The van der Waals surface area contributed by atoms with Crippen LogP contribution in [0.25, 0.3) is 0 Å². The highest BCUT2D eigenvalue weighted by Gasteiger charge is 2.22. The quantitative estimate of drug-likeness (QED) is 0.810. The van der Waals surface area contributed by atoms with Gasteiger partial charge in [0.15, 0.2) is 11.6 Å². The van der Waals surface area contributed by atoms with Gasteiger partial charge in [-0.3, -0.25) is 0 Å². The van der Waals surface area contributed by atoms with Crippen LogP contribution in [0.1, 0.15) is 26.3 Å². The van der Waals surface area contributed by atoms with E-state index in [1.165, 1.54) is 0 Å². The summed E-state index contributed by atoms with van der Waals surface area (Å²) in [5, 5.41) is 2.94. The van der Waals surface area contributed by atoms with Crippen molar-refractivity contribution >= 4 is 10.0 Å². The van der Waals surface area contributed by atoms with E-state index in [1.807, 2.05) is 20.8 Å². The van der Waals surface area contributed by atoms with Gasteiger partial charge in [0.1, 0.15) is 4.90 Å². The first-order chi connectivity index (χ1) is 9.27. The smallest absolute Gasteiger partial charge is 0.243 e. The van der Waals surface area contributed by atoms with Crippen molar-refractivity contribution in [2.24, 2.45) is 5.92 Å². The van der Waals surface area contributed by atoms with Crippen LogP contribution in [0.15, 0.2) is 17.0 Å². The van der Waals surface area contributed by atoms with E-state index in [4.69, 9.17) is 0 Å². The van der Waals surface area contributed by atoms with E-state index in [0.29, 0.717) is 12.1 Å². The Bertz CT molecular complexity index is 560. The predicted molar refractivity (Wildman–Crippen MR) is 73.8 cm³/mol. The average molecular weight is 306 g/mol. The second-order valence-corrected chi connectivity index (χ2v) is 6.65. The van der Waals surface area contributed by atoms with Crippen LogP contribution in [0.2, 0.25) is 0 Å². The zero-order valence-corrected chi connectivity index (χ0v) is 12.7. The third-order valence-electron chi connectivity index (χ3n) is 2.60. The van der Waals surface area contributed by atoms with Crippen LogP contribution >= 0.6 is 0 Å². The van der Waals surface area contributed by atoms with Crippen LogP contribution in [-0.2, 0) is 16.6 Å². The Labute approximate surface area is 118 Å². The zero-order valence-electron chi connectivity index (χ0n) is 11.8. The van der Waals surface area contributed by atoms with E-state index in [0.717, 1.165) is 12.1 Å². The Morgan fingerprint density at radius 1 is 1.25 bits per heavy atom. The molecule has 0 amide bonds. The Kier molecular flexibility index (Phi) is 6.04. The number of nitrogens with one attached hydrogen (secondary N) is 2. The van der Waals surface area contributed by atoms with Crippen molar-refractivity contribution in [3.8, 4) is 0 Å². The monoisotopic (exact) mass is 306 g/mol.